The van der Waals surface area contributed by atoms with Gasteiger partial charge in [-0.05, 0) is 29.8 Å². The maximum Gasteiger partial charge on any atom is 0.255 e. The molecule has 186 valence electrons. The quantitative estimate of drug-likeness (QED) is 0.599. The Morgan fingerprint density at radius 2 is 1.69 bits per heavy atom. The lowest BCUT2D eigenvalue weighted by atomic mass is 10.1. The van der Waals surface area contributed by atoms with Crippen molar-refractivity contribution >= 4 is 23.6 Å². The third-order valence-electron chi connectivity index (χ3n) is 6.55. The van der Waals surface area contributed by atoms with Crippen LogP contribution in [0.25, 0.3) is 0 Å². The van der Waals surface area contributed by atoms with Crippen molar-refractivity contribution in [2.45, 2.75) is 12.6 Å². The van der Waals surface area contributed by atoms with Crippen LogP contribution in [0.5, 0.6) is 23.0 Å². The molecule has 35 heavy (non-hydrogen) atoms. The zero-order valence-corrected chi connectivity index (χ0v) is 20.7. The Morgan fingerprint density at radius 1 is 0.971 bits per heavy atom. The highest BCUT2D eigenvalue weighted by atomic mass is 32.2. The monoisotopic (exact) mass is 499 g/mol. The molecule has 3 aliphatic heterocycles. The zero-order valence-electron chi connectivity index (χ0n) is 19.9. The number of carbonyl (C=O) groups excluding carboxylic acids is 2. The van der Waals surface area contributed by atoms with E-state index in [1.807, 2.05) is 17.0 Å². The van der Waals surface area contributed by atoms with Gasteiger partial charge in [-0.25, -0.2) is 0 Å². The number of thioether (sulfide) groups is 1. The van der Waals surface area contributed by atoms with Crippen LogP contribution >= 0.6 is 11.8 Å². The van der Waals surface area contributed by atoms with Crippen molar-refractivity contribution in [3.63, 3.8) is 0 Å². The number of benzene rings is 2. The van der Waals surface area contributed by atoms with Gasteiger partial charge in [0.15, 0.2) is 11.5 Å². The van der Waals surface area contributed by atoms with Crippen LogP contribution in [0.3, 0.4) is 0 Å². The van der Waals surface area contributed by atoms with Gasteiger partial charge in [-0.3, -0.25) is 14.5 Å². The van der Waals surface area contributed by atoms with Gasteiger partial charge >= 0.3 is 0 Å². The predicted molar refractivity (Wildman–Crippen MR) is 131 cm³/mol. The van der Waals surface area contributed by atoms with Crippen molar-refractivity contribution < 1.29 is 28.5 Å². The summed E-state index contributed by atoms with van der Waals surface area (Å²) in [6.45, 7) is 3.89. The van der Waals surface area contributed by atoms with Gasteiger partial charge in [0.05, 0.1) is 20.1 Å². The molecule has 3 aliphatic rings. The summed E-state index contributed by atoms with van der Waals surface area (Å²) in [5.74, 6) is 3.57. The molecule has 0 N–H and O–H groups in total. The summed E-state index contributed by atoms with van der Waals surface area (Å²) in [6.07, 6.45) is 0. The van der Waals surface area contributed by atoms with Crippen LogP contribution < -0.4 is 18.9 Å². The number of nitrogens with zero attached hydrogens (tertiary/aromatic N) is 3. The number of piperazine rings is 1. The number of carbonyl (C=O) groups is 2. The van der Waals surface area contributed by atoms with Crippen molar-refractivity contribution in [3.8, 4) is 23.0 Å². The van der Waals surface area contributed by atoms with Gasteiger partial charge < -0.3 is 28.7 Å². The van der Waals surface area contributed by atoms with E-state index >= 15 is 0 Å². The van der Waals surface area contributed by atoms with Gasteiger partial charge in [-0.2, -0.15) is 0 Å². The first-order valence-corrected chi connectivity index (χ1v) is 12.7. The normalized spacial score (nSPS) is 19.7. The minimum atomic E-state index is -0.467. The number of rotatable bonds is 6. The van der Waals surface area contributed by atoms with E-state index in [2.05, 4.69) is 11.0 Å². The molecule has 0 radical (unpaired) electrons. The third-order valence-corrected chi connectivity index (χ3v) is 7.57. The molecular formula is C25H29N3O6S. The molecule has 5 rings (SSSR count). The Morgan fingerprint density at radius 3 is 2.40 bits per heavy atom. The van der Waals surface area contributed by atoms with Gasteiger partial charge in [0.2, 0.25) is 12.7 Å². The van der Waals surface area contributed by atoms with E-state index in [1.165, 1.54) is 0 Å². The summed E-state index contributed by atoms with van der Waals surface area (Å²) >= 11 is 1.60. The van der Waals surface area contributed by atoms with Gasteiger partial charge in [0, 0.05) is 50.1 Å². The van der Waals surface area contributed by atoms with E-state index in [0.29, 0.717) is 41.8 Å². The van der Waals surface area contributed by atoms with Crippen molar-refractivity contribution in [1.82, 2.24) is 14.7 Å². The minimum absolute atomic E-state index is 0.0148. The van der Waals surface area contributed by atoms with E-state index in [9.17, 15) is 9.59 Å². The molecule has 9 nitrogen and oxygen atoms in total. The standard InChI is InChI=1S/C25H29N3O6S/c1-31-19-10-18(11-20(12-19)32-2)24(29)28-15-35-14-21(28)25(30)27-7-5-26(6-8-27)13-17-3-4-22-23(9-17)34-16-33-22/h3-4,9-12,21H,5-8,13-16H2,1-2H3. The summed E-state index contributed by atoms with van der Waals surface area (Å²) < 4.78 is 21.5. The number of ether oxygens (including phenoxy) is 4. The molecule has 2 saturated heterocycles. The molecule has 0 saturated carbocycles. The van der Waals surface area contributed by atoms with E-state index < -0.39 is 6.04 Å². The van der Waals surface area contributed by atoms with E-state index in [-0.39, 0.29) is 18.6 Å². The van der Waals surface area contributed by atoms with Crippen LogP contribution in [-0.2, 0) is 11.3 Å². The maximum atomic E-state index is 13.4. The van der Waals surface area contributed by atoms with Crippen LogP contribution in [0.2, 0.25) is 0 Å². The van der Waals surface area contributed by atoms with Gasteiger partial charge in [-0.1, -0.05) is 6.07 Å². The highest BCUT2D eigenvalue weighted by molar-refractivity contribution is 7.99. The molecular weight excluding hydrogens is 470 g/mol. The summed E-state index contributed by atoms with van der Waals surface area (Å²) in [7, 11) is 3.10. The first kappa shape index (κ1) is 23.6. The second kappa shape index (κ2) is 10.2. The molecule has 2 aromatic carbocycles. The summed E-state index contributed by atoms with van der Waals surface area (Å²) in [6, 6.07) is 10.6. The largest absolute Gasteiger partial charge is 0.497 e. The molecule has 2 aromatic rings. The van der Waals surface area contributed by atoms with Gasteiger partial charge in [0.1, 0.15) is 17.5 Å². The summed E-state index contributed by atoms with van der Waals surface area (Å²) in [4.78, 5) is 32.6. The molecule has 2 amide bonds. The van der Waals surface area contributed by atoms with Crippen molar-refractivity contribution in [2.75, 3.05) is 58.8 Å². The third kappa shape index (κ3) is 4.99. The molecule has 3 heterocycles. The van der Waals surface area contributed by atoms with Gasteiger partial charge in [-0.15, -0.1) is 11.8 Å². The van der Waals surface area contributed by atoms with Crippen LogP contribution in [0, 0.1) is 0 Å². The summed E-state index contributed by atoms with van der Waals surface area (Å²) in [5, 5.41) is 0. The predicted octanol–water partition coefficient (Wildman–Crippen LogP) is 2.29. The van der Waals surface area contributed by atoms with Crippen LogP contribution in [0.4, 0.5) is 0 Å². The van der Waals surface area contributed by atoms with Gasteiger partial charge in [0.25, 0.3) is 5.91 Å². The first-order chi connectivity index (χ1) is 17.1. The van der Waals surface area contributed by atoms with Crippen LogP contribution in [-0.4, -0.2) is 91.4 Å². The fraction of sp³-hybridized carbons (Fsp3) is 0.440. The highest BCUT2D eigenvalue weighted by Crippen LogP contribution is 2.33. The molecule has 0 spiro atoms. The van der Waals surface area contributed by atoms with E-state index in [1.54, 1.807) is 49.1 Å². The molecule has 0 aliphatic carbocycles. The number of hydrogen-bond donors (Lipinski definition) is 0. The number of methoxy groups -OCH3 is 2. The first-order valence-electron chi connectivity index (χ1n) is 11.6. The number of amides is 2. The minimum Gasteiger partial charge on any atom is -0.497 e. The molecule has 10 heteroatoms. The topological polar surface area (TPSA) is 80.8 Å². The molecule has 0 aromatic heterocycles. The molecule has 1 unspecified atom stereocenters. The Kier molecular flexibility index (Phi) is 6.92. The van der Waals surface area contributed by atoms with Crippen LogP contribution in [0.15, 0.2) is 36.4 Å². The van der Waals surface area contributed by atoms with E-state index in [0.717, 1.165) is 36.7 Å². The van der Waals surface area contributed by atoms with E-state index in [4.69, 9.17) is 18.9 Å². The average molecular weight is 500 g/mol. The SMILES string of the molecule is COc1cc(OC)cc(C(=O)N2CSCC2C(=O)N2CCN(Cc3ccc4c(c3)OCO4)CC2)c1. The lowest BCUT2D eigenvalue weighted by molar-refractivity contribution is -0.136. The fourth-order valence-electron chi connectivity index (χ4n) is 4.58. The molecule has 1 atom stereocenters. The number of hydrogen-bond acceptors (Lipinski definition) is 8. The molecule has 0 bridgehead atoms. The fourth-order valence-corrected chi connectivity index (χ4v) is 5.72. The lowest BCUT2D eigenvalue weighted by Gasteiger charge is -2.37. The molecule has 2 fully saturated rings. The Bertz CT molecular complexity index is 1080. The lowest BCUT2D eigenvalue weighted by Crippen LogP contribution is -2.54. The van der Waals surface area contributed by atoms with Crippen molar-refractivity contribution in [3.05, 3.63) is 47.5 Å². The summed E-state index contributed by atoms with van der Waals surface area (Å²) in [5.41, 5.74) is 1.61. The van der Waals surface area contributed by atoms with Crippen molar-refractivity contribution in [1.29, 1.82) is 0 Å². The van der Waals surface area contributed by atoms with Crippen LogP contribution in [0.1, 0.15) is 15.9 Å². The zero-order chi connectivity index (χ0) is 24.4. The second-order valence-electron chi connectivity index (χ2n) is 8.68. The maximum absolute atomic E-state index is 13.4. The Labute approximate surface area is 208 Å². The Hall–Kier alpha value is -3.11. The number of fused-ring (bicyclic) bond motifs is 1. The highest BCUT2D eigenvalue weighted by Gasteiger charge is 2.38. The smallest absolute Gasteiger partial charge is 0.255 e. The Balaban J connectivity index is 1.20. The second-order valence-corrected chi connectivity index (χ2v) is 9.68. The van der Waals surface area contributed by atoms with Crippen molar-refractivity contribution in [2.24, 2.45) is 0 Å². The average Bonchev–Trinajstić information content (AvgIpc) is 3.57.